The van der Waals surface area contributed by atoms with Crippen molar-refractivity contribution >= 4 is 11.7 Å². The molecule has 0 aliphatic rings. The van der Waals surface area contributed by atoms with Crippen LogP contribution in [-0.2, 0) is 4.79 Å². The molecule has 1 amide bonds. The van der Waals surface area contributed by atoms with Gasteiger partial charge in [0, 0.05) is 19.2 Å². The van der Waals surface area contributed by atoms with Crippen molar-refractivity contribution in [3.05, 3.63) is 24.4 Å². The molecule has 0 atom stereocenters. The highest BCUT2D eigenvalue weighted by atomic mass is 16.1. The molecule has 0 bridgehead atoms. The fraction of sp³-hybridized carbons (Fsp3) is 0.400. The van der Waals surface area contributed by atoms with Crippen LogP contribution in [0.1, 0.15) is 19.3 Å². The maximum Gasteiger partial charge on any atom is 0.217 e. The number of unbranched alkanes of at least 4 members (excludes halogenated alkanes) is 1. The lowest BCUT2D eigenvalue weighted by molar-refractivity contribution is -0.118. The number of rotatable bonds is 6. The Morgan fingerprint density at radius 2 is 2.29 bits per heavy atom. The van der Waals surface area contributed by atoms with Gasteiger partial charge in [-0.25, -0.2) is 4.98 Å². The molecule has 0 saturated carbocycles. The molecule has 0 aliphatic heterocycles. The predicted octanol–water partition coefficient (Wildman–Crippen LogP) is 1.15. The summed E-state index contributed by atoms with van der Waals surface area (Å²) in [6, 6.07) is 5.71. The van der Waals surface area contributed by atoms with Gasteiger partial charge in [0.2, 0.25) is 5.91 Å². The summed E-state index contributed by atoms with van der Waals surface area (Å²) < 4.78 is 0. The van der Waals surface area contributed by atoms with Gasteiger partial charge in [0.1, 0.15) is 5.82 Å². The van der Waals surface area contributed by atoms with Crippen LogP contribution < -0.4 is 11.1 Å². The standard InChI is InChI=1S/C10H15N3O/c11-9(14)5-1-3-7-12-10-6-2-4-8-13-10/h2,4,6,8H,1,3,5,7H2,(H2,11,14)(H,12,13). The second kappa shape index (κ2) is 5.96. The molecule has 0 spiro atoms. The zero-order valence-electron chi connectivity index (χ0n) is 8.07. The topological polar surface area (TPSA) is 68.0 Å². The van der Waals surface area contributed by atoms with E-state index in [-0.39, 0.29) is 5.91 Å². The van der Waals surface area contributed by atoms with Crippen LogP contribution in [0.25, 0.3) is 0 Å². The molecule has 1 rings (SSSR count). The van der Waals surface area contributed by atoms with Crippen molar-refractivity contribution in [3.8, 4) is 0 Å². The molecule has 4 nitrogen and oxygen atoms in total. The van der Waals surface area contributed by atoms with Gasteiger partial charge in [-0.1, -0.05) is 6.07 Å². The Kier molecular flexibility index (Phi) is 4.47. The number of pyridine rings is 1. The molecule has 0 aliphatic carbocycles. The lowest BCUT2D eigenvalue weighted by Gasteiger charge is -2.03. The molecule has 14 heavy (non-hydrogen) atoms. The molecular formula is C10H15N3O. The van der Waals surface area contributed by atoms with Crippen LogP contribution in [-0.4, -0.2) is 17.4 Å². The number of anilines is 1. The summed E-state index contributed by atoms with van der Waals surface area (Å²) in [6.07, 6.45) is 3.96. The van der Waals surface area contributed by atoms with Crippen LogP contribution in [0, 0.1) is 0 Å². The number of aromatic nitrogens is 1. The van der Waals surface area contributed by atoms with Crippen molar-refractivity contribution < 1.29 is 4.79 Å². The number of primary amides is 1. The van der Waals surface area contributed by atoms with E-state index in [2.05, 4.69) is 10.3 Å². The average Bonchev–Trinajstić information content (AvgIpc) is 2.18. The number of carbonyl (C=O) groups excluding carboxylic acids is 1. The Morgan fingerprint density at radius 3 is 2.93 bits per heavy atom. The average molecular weight is 193 g/mol. The molecule has 3 N–H and O–H groups in total. The normalized spacial score (nSPS) is 9.71. The first-order valence-electron chi connectivity index (χ1n) is 4.72. The van der Waals surface area contributed by atoms with Crippen LogP contribution >= 0.6 is 0 Å². The summed E-state index contributed by atoms with van der Waals surface area (Å²) in [7, 11) is 0. The molecule has 0 radical (unpaired) electrons. The highest BCUT2D eigenvalue weighted by Gasteiger charge is 1.94. The van der Waals surface area contributed by atoms with E-state index in [1.807, 2.05) is 18.2 Å². The zero-order chi connectivity index (χ0) is 10.2. The highest BCUT2D eigenvalue weighted by molar-refractivity contribution is 5.73. The van der Waals surface area contributed by atoms with Crippen LogP contribution in [0.5, 0.6) is 0 Å². The Bertz CT molecular complexity index is 274. The van der Waals surface area contributed by atoms with Gasteiger partial charge >= 0.3 is 0 Å². The highest BCUT2D eigenvalue weighted by Crippen LogP contribution is 2.01. The Hall–Kier alpha value is -1.58. The molecule has 0 aromatic carbocycles. The van der Waals surface area contributed by atoms with Gasteiger partial charge in [0.25, 0.3) is 0 Å². The second-order valence-electron chi connectivity index (χ2n) is 3.07. The summed E-state index contributed by atoms with van der Waals surface area (Å²) in [5.74, 6) is 0.634. The molecule has 0 unspecified atom stereocenters. The predicted molar refractivity (Wildman–Crippen MR) is 55.8 cm³/mol. The number of hydrogen-bond acceptors (Lipinski definition) is 3. The first-order chi connectivity index (χ1) is 6.79. The number of nitrogens with zero attached hydrogens (tertiary/aromatic N) is 1. The molecule has 0 fully saturated rings. The molecule has 0 saturated heterocycles. The molecule has 1 aromatic heterocycles. The third-order valence-corrected chi connectivity index (χ3v) is 1.82. The third-order valence-electron chi connectivity index (χ3n) is 1.82. The summed E-state index contributed by atoms with van der Waals surface area (Å²) in [5, 5.41) is 3.16. The SMILES string of the molecule is NC(=O)CCCCNc1ccccn1. The maximum absolute atomic E-state index is 10.4. The van der Waals surface area contributed by atoms with E-state index in [4.69, 9.17) is 5.73 Å². The number of amides is 1. The molecule has 1 aromatic rings. The zero-order valence-corrected chi connectivity index (χ0v) is 8.07. The van der Waals surface area contributed by atoms with E-state index < -0.39 is 0 Å². The Balaban J connectivity index is 2.08. The van der Waals surface area contributed by atoms with E-state index in [1.54, 1.807) is 6.20 Å². The number of hydrogen-bond donors (Lipinski definition) is 2. The first-order valence-corrected chi connectivity index (χ1v) is 4.72. The van der Waals surface area contributed by atoms with E-state index in [1.165, 1.54) is 0 Å². The van der Waals surface area contributed by atoms with Crippen molar-refractivity contribution in [2.45, 2.75) is 19.3 Å². The number of nitrogens with one attached hydrogen (secondary N) is 1. The largest absolute Gasteiger partial charge is 0.370 e. The molecular weight excluding hydrogens is 178 g/mol. The van der Waals surface area contributed by atoms with Gasteiger partial charge in [0.15, 0.2) is 0 Å². The van der Waals surface area contributed by atoms with E-state index in [9.17, 15) is 4.79 Å². The first kappa shape index (κ1) is 10.5. The van der Waals surface area contributed by atoms with Gasteiger partial charge < -0.3 is 11.1 Å². The van der Waals surface area contributed by atoms with E-state index in [0.717, 1.165) is 25.2 Å². The van der Waals surface area contributed by atoms with Gasteiger partial charge in [-0.2, -0.15) is 0 Å². The summed E-state index contributed by atoms with van der Waals surface area (Å²) in [4.78, 5) is 14.5. The molecule has 76 valence electrons. The van der Waals surface area contributed by atoms with Gasteiger partial charge in [-0.05, 0) is 25.0 Å². The Morgan fingerprint density at radius 1 is 1.43 bits per heavy atom. The van der Waals surface area contributed by atoms with Crippen LogP contribution in [0.15, 0.2) is 24.4 Å². The Labute approximate surface area is 83.5 Å². The van der Waals surface area contributed by atoms with Crippen molar-refractivity contribution in [2.24, 2.45) is 5.73 Å². The smallest absolute Gasteiger partial charge is 0.217 e. The number of nitrogens with two attached hydrogens (primary N) is 1. The molecule has 4 heteroatoms. The van der Waals surface area contributed by atoms with Gasteiger partial charge in [-0.3, -0.25) is 4.79 Å². The summed E-state index contributed by atoms with van der Waals surface area (Å²) >= 11 is 0. The van der Waals surface area contributed by atoms with Crippen molar-refractivity contribution in [3.63, 3.8) is 0 Å². The second-order valence-corrected chi connectivity index (χ2v) is 3.07. The van der Waals surface area contributed by atoms with Crippen LogP contribution in [0.4, 0.5) is 5.82 Å². The number of carbonyl (C=O) groups is 1. The quantitative estimate of drug-likeness (QED) is 0.666. The van der Waals surface area contributed by atoms with Gasteiger partial charge in [-0.15, -0.1) is 0 Å². The minimum Gasteiger partial charge on any atom is -0.370 e. The monoisotopic (exact) mass is 193 g/mol. The lowest BCUT2D eigenvalue weighted by atomic mass is 10.2. The minimum atomic E-state index is -0.233. The van der Waals surface area contributed by atoms with Crippen LogP contribution in [0.3, 0.4) is 0 Å². The fourth-order valence-electron chi connectivity index (χ4n) is 1.11. The van der Waals surface area contributed by atoms with E-state index in [0.29, 0.717) is 6.42 Å². The van der Waals surface area contributed by atoms with Crippen LogP contribution in [0.2, 0.25) is 0 Å². The summed E-state index contributed by atoms with van der Waals surface area (Å²) in [6.45, 7) is 0.824. The minimum absolute atomic E-state index is 0.233. The van der Waals surface area contributed by atoms with Crippen molar-refractivity contribution in [2.75, 3.05) is 11.9 Å². The molecule has 1 heterocycles. The lowest BCUT2D eigenvalue weighted by Crippen LogP contribution is -2.11. The summed E-state index contributed by atoms with van der Waals surface area (Å²) in [5.41, 5.74) is 5.01. The third kappa shape index (κ3) is 4.45. The fourth-order valence-corrected chi connectivity index (χ4v) is 1.11. The van der Waals surface area contributed by atoms with Crippen molar-refractivity contribution in [1.29, 1.82) is 0 Å². The maximum atomic E-state index is 10.4. The van der Waals surface area contributed by atoms with E-state index >= 15 is 0 Å². The van der Waals surface area contributed by atoms with Gasteiger partial charge in [0.05, 0.1) is 0 Å². The van der Waals surface area contributed by atoms with Crippen molar-refractivity contribution in [1.82, 2.24) is 4.98 Å².